The van der Waals surface area contributed by atoms with E-state index < -0.39 is 35.5 Å². The van der Waals surface area contributed by atoms with Gasteiger partial charge in [0.25, 0.3) is 0 Å². The number of ether oxygens (including phenoxy) is 3. The van der Waals surface area contributed by atoms with Gasteiger partial charge in [-0.3, -0.25) is 19.6 Å². The molecule has 2 bridgehead atoms. The SMILES string of the molecule is CC(C)(C)OC(=O)N1[C@@H]2CC[C@@H](C2)[C@H]1C(=O)N[C@H](C#N)Cc1ccc(-c2cc3c(cn2)COC32CCN(C3COC3)CC2)cc1F. The van der Waals surface area contributed by atoms with Crippen molar-refractivity contribution < 1.29 is 28.2 Å². The Bertz CT molecular complexity index is 1560. The van der Waals surface area contributed by atoms with Crippen LogP contribution in [-0.2, 0) is 37.6 Å². The molecule has 7 rings (SSSR count). The lowest BCUT2D eigenvalue weighted by atomic mass is 9.83. The molecule has 1 saturated carbocycles. The van der Waals surface area contributed by atoms with Gasteiger partial charge in [-0.15, -0.1) is 0 Å². The van der Waals surface area contributed by atoms with E-state index in [0.717, 1.165) is 69.5 Å². The molecule has 4 aliphatic heterocycles. The summed E-state index contributed by atoms with van der Waals surface area (Å²) in [5.41, 5.74) is 2.82. The van der Waals surface area contributed by atoms with Crippen LogP contribution in [0.2, 0.25) is 0 Å². The molecule has 1 spiro atoms. The van der Waals surface area contributed by atoms with Gasteiger partial charge in [-0.1, -0.05) is 12.1 Å². The molecule has 1 N–H and O–H groups in total. The van der Waals surface area contributed by atoms with Crippen molar-refractivity contribution in [3.8, 4) is 17.3 Å². The Hall–Kier alpha value is -3.59. The molecule has 0 radical (unpaired) electrons. The van der Waals surface area contributed by atoms with Crippen LogP contribution < -0.4 is 5.32 Å². The van der Waals surface area contributed by atoms with Crippen LogP contribution in [0.5, 0.6) is 0 Å². The topological polar surface area (TPSA) is 117 Å². The monoisotopic (exact) mass is 631 g/mol. The molecule has 5 heterocycles. The normalized spacial score (nSPS) is 26.0. The lowest BCUT2D eigenvalue weighted by Gasteiger charge is -2.45. The molecule has 1 aliphatic carbocycles. The zero-order valence-electron chi connectivity index (χ0n) is 26.8. The van der Waals surface area contributed by atoms with Crippen LogP contribution in [0.15, 0.2) is 30.5 Å². The van der Waals surface area contributed by atoms with E-state index in [9.17, 15) is 14.9 Å². The molecule has 4 fully saturated rings. The van der Waals surface area contributed by atoms with Gasteiger partial charge >= 0.3 is 6.09 Å². The number of amides is 2. The van der Waals surface area contributed by atoms with Crippen molar-refractivity contribution in [3.05, 3.63) is 53.0 Å². The standard InChI is InChI=1S/C35H42FN5O5/c1-34(2,3)46-33(43)41-26-7-6-23(13-26)31(41)32(42)39-25(16-37)12-21-4-5-22(14-29(21)36)30-15-28-24(17-38-30)18-45-35(28)8-10-40(11-9-35)27-19-44-20-27/h4-5,14-15,17,23,25-27,31H,6-13,18-20H2,1-3H3,(H,39,42)/t23-,25-,26+,31-/m0/s1. The van der Waals surface area contributed by atoms with Crippen molar-refractivity contribution in [2.45, 2.75) is 101 Å². The second kappa shape index (κ2) is 11.9. The lowest BCUT2D eigenvalue weighted by molar-refractivity contribution is -0.128. The first-order valence-corrected chi connectivity index (χ1v) is 16.5. The van der Waals surface area contributed by atoms with E-state index in [-0.39, 0.29) is 24.0 Å². The maximum atomic E-state index is 15.5. The van der Waals surface area contributed by atoms with Gasteiger partial charge in [0.2, 0.25) is 5.91 Å². The first-order chi connectivity index (χ1) is 22.0. The Balaban J connectivity index is 1.03. The number of nitrogens with zero attached hydrogens (tertiary/aromatic N) is 4. The van der Waals surface area contributed by atoms with Crippen molar-refractivity contribution in [2.75, 3.05) is 26.3 Å². The summed E-state index contributed by atoms with van der Waals surface area (Å²) in [4.78, 5) is 35.1. The van der Waals surface area contributed by atoms with Gasteiger partial charge in [0.1, 0.15) is 23.5 Å². The summed E-state index contributed by atoms with van der Waals surface area (Å²) in [6.07, 6.45) is 5.53. The molecule has 0 unspecified atom stereocenters. The number of rotatable bonds is 6. The smallest absolute Gasteiger partial charge is 0.411 e. The van der Waals surface area contributed by atoms with Crippen LogP contribution in [-0.4, -0.2) is 82.9 Å². The maximum Gasteiger partial charge on any atom is 0.411 e. The second-order valence-electron chi connectivity index (χ2n) is 14.5. The van der Waals surface area contributed by atoms with Crippen LogP contribution in [0.25, 0.3) is 11.3 Å². The maximum absolute atomic E-state index is 15.5. The Morgan fingerprint density at radius 3 is 2.65 bits per heavy atom. The molecule has 1 aromatic heterocycles. The average molecular weight is 632 g/mol. The molecule has 3 saturated heterocycles. The number of piperidine rings is 2. The highest BCUT2D eigenvalue weighted by Gasteiger charge is 2.53. The van der Waals surface area contributed by atoms with E-state index in [1.165, 1.54) is 6.07 Å². The minimum atomic E-state index is -0.958. The highest BCUT2D eigenvalue weighted by molar-refractivity contribution is 5.87. The van der Waals surface area contributed by atoms with Gasteiger partial charge < -0.3 is 19.5 Å². The van der Waals surface area contributed by atoms with Crippen molar-refractivity contribution in [1.29, 1.82) is 5.26 Å². The third-order valence-corrected chi connectivity index (χ3v) is 10.4. The van der Waals surface area contributed by atoms with Crippen LogP contribution in [0, 0.1) is 23.1 Å². The summed E-state index contributed by atoms with van der Waals surface area (Å²) in [6, 6.07) is 7.87. The summed E-state index contributed by atoms with van der Waals surface area (Å²) in [5, 5.41) is 12.7. The van der Waals surface area contributed by atoms with E-state index in [0.29, 0.717) is 29.5 Å². The number of halogens is 1. The fourth-order valence-electron chi connectivity index (χ4n) is 7.95. The average Bonchev–Trinajstić information content (AvgIpc) is 3.71. The molecule has 10 nitrogen and oxygen atoms in total. The number of hydrogen-bond donors (Lipinski definition) is 1. The van der Waals surface area contributed by atoms with Gasteiger partial charge in [-0.25, -0.2) is 9.18 Å². The van der Waals surface area contributed by atoms with Crippen LogP contribution in [0.1, 0.15) is 69.6 Å². The van der Waals surface area contributed by atoms with Crippen molar-refractivity contribution >= 4 is 12.0 Å². The summed E-state index contributed by atoms with van der Waals surface area (Å²) < 4.78 is 32.9. The first kappa shape index (κ1) is 31.0. The fourth-order valence-corrected chi connectivity index (χ4v) is 7.95. The molecule has 5 aliphatic rings. The highest BCUT2D eigenvalue weighted by atomic mass is 19.1. The number of aromatic nitrogens is 1. The molecule has 4 atom stereocenters. The summed E-state index contributed by atoms with van der Waals surface area (Å²) in [5.74, 6) is -0.847. The molecule has 11 heteroatoms. The van der Waals surface area contributed by atoms with Crippen molar-refractivity contribution in [1.82, 2.24) is 20.1 Å². The predicted molar refractivity (Wildman–Crippen MR) is 166 cm³/mol. The van der Waals surface area contributed by atoms with Crippen LogP contribution in [0.4, 0.5) is 9.18 Å². The minimum Gasteiger partial charge on any atom is -0.444 e. The van der Waals surface area contributed by atoms with Gasteiger partial charge in [0.15, 0.2) is 0 Å². The Morgan fingerprint density at radius 2 is 1.98 bits per heavy atom. The molecular weight excluding hydrogens is 589 g/mol. The van der Waals surface area contributed by atoms with E-state index in [1.807, 2.05) is 18.3 Å². The van der Waals surface area contributed by atoms with Gasteiger partial charge in [-0.2, -0.15) is 5.26 Å². The summed E-state index contributed by atoms with van der Waals surface area (Å²) in [6.45, 7) is 9.41. The van der Waals surface area contributed by atoms with Crippen molar-refractivity contribution in [2.24, 2.45) is 5.92 Å². The van der Waals surface area contributed by atoms with Gasteiger partial charge in [0.05, 0.1) is 43.2 Å². The van der Waals surface area contributed by atoms with Gasteiger partial charge in [-0.05, 0) is 82.1 Å². The Kier molecular flexibility index (Phi) is 8.02. The number of fused-ring (bicyclic) bond motifs is 4. The van der Waals surface area contributed by atoms with Gasteiger partial charge in [0, 0.05) is 42.9 Å². The molecular formula is C35H42FN5O5. The predicted octanol–water partition coefficient (Wildman–Crippen LogP) is 4.45. The number of benzene rings is 1. The number of nitrogens with one attached hydrogen (secondary N) is 1. The lowest BCUT2D eigenvalue weighted by Crippen LogP contribution is -2.55. The van der Waals surface area contributed by atoms with E-state index in [4.69, 9.17) is 14.2 Å². The molecule has 1 aromatic carbocycles. The highest BCUT2D eigenvalue weighted by Crippen LogP contribution is 2.46. The number of nitriles is 1. The molecule has 2 aromatic rings. The molecule has 2 amide bonds. The number of hydrogen-bond acceptors (Lipinski definition) is 8. The van der Waals surface area contributed by atoms with Crippen LogP contribution in [0.3, 0.4) is 0 Å². The number of pyridine rings is 1. The number of carbonyl (C=O) groups is 2. The van der Waals surface area contributed by atoms with Crippen LogP contribution >= 0.6 is 0 Å². The number of likely N-dealkylation sites (tertiary alicyclic amines) is 2. The quantitative estimate of drug-likeness (QED) is 0.497. The zero-order valence-corrected chi connectivity index (χ0v) is 26.8. The Morgan fingerprint density at radius 1 is 1.20 bits per heavy atom. The first-order valence-electron chi connectivity index (χ1n) is 16.5. The third kappa shape index (κ3) is 5.76. The number of carbonyl (C=O) groups excluding carboxylic acids is 2. The summed E-state index contributed by atoms with van der Waals surface area (Å²) >= 11 is 0. The molecule has 46 heavy (non-hydrogen) atoms. The third-order valence-electron chi connectivity index (χ3n) is 10.4. The zero-order chi connectivity index (χ0) is 32.2. The summed E-state index contributed by atoms with van der Waals surface area (Å²) in [7, 11) is 0. The largest absolute Gasteiger partial charge is 0.444 e. The molecule has 244 valence electrons. The van der Waals surface area contributed by atoms with Crippen molar-refractivity contribution in [3.63, 3.8) is 0 Å². The fraction of sp³-hybridized carbons (Fsp3) is 0.600. The van der Waals surface area contributed by atoms with E-state index in [2.05, 4.69) is 21.3 Å². The second-order valence-corrected chi connectivity index (χ2v) is 14.5. The van der Waals surface area contributed by atoms with E-state index in [1.54, 1.807) is 31.7 Å². The Labute approximate surface area is 269 Å². The minimum absolute atomic E-state index is 0.00128. The van der Waals surface area contributed by atoms with E-state index >= 15 is 4.39 Å².